The van der Waals surface area contributed by atoms with Gasteiger partial charge in [-0.25, -0.2) is 9.88 Å². The summed E-state index contributed by atoms with van der Waals surface area (Å²) >= 11 is 1.28. The highest BCUT2D eigenvalue weighted by Crippen LogP contribution is 2.32. The fourth-order valence-electron chi connectivity index (χ4n) is 3.28. The summed E-state index contributed by atoms with van der Waals surface area (Å²) in [5, 5.41) is 13.9. The summed E-state index contributed by atoms with van der Waals surface area (Å²) in [6.07, 6.45) is 1.58. The van der Waals surface area contributed by atoms with Gasteiger partial charge in [0.15, 0.2) is 17.2 Å². The Morgan fingerprint density at radius 3 is 2.59 bits per heavy atom. The minimum Gasteiger partial charge on any atom is -0.300 e. The molecule has 1 saturated heterocycles. The normalized spacial score (nSPS) is 21.1. The number of nitrogens with one attached hydrogen (secondary N) is 1. The molecule has 0 bridgehead atoms. The quantitative estimate of drug-likeness (QED) is 0.807. The van der Waals surface area contributed by atoms with Gasteiger partial charge in [-0.2, -0.15) is 5.11 Å². The Hall–Kier alpha value is -3.14. The van der Waals surface area contributed by atoms with E-state index in [4.69, 9.17) is 0 Å². The number of hydrogen-bond donors (Lipinski definition) is 1. The van der Waals surface area contributed by atoms with Crippen molar-refractivity contribution >= 4 is 39.9 Å². The maximum Gasteiger partial charge on any atom is 0.263 e. The van der Waals surface area contributed by atoms with Crippen LogP contribution in [0.2, 0.25) is 0 Å². The number of nitrogens with zero attached hydrogens (tertiary/aromatic N) is 5. The van der Waals surface area contributed by atoms with Crippen LogP contribution in [0.5, 0.6) is 0 Å². The van der Waals surface area contributed by atoms with E-state index in [1.54, 1.807) is 23.7 Å². The van der Waals surface area contributed by atoms with Crippen molar-refractivity contribution < 1.29 is 14.4 Å². The summed E-state index contributed by atoms with van der Waals surface area (Å²) in [7, 11) is 0. The van der Waals surface area contributed by atoms with Crippen molar-refractivity contribution in [1.29, 1.82) is 0 Å². The first-order valence-corrected chi connectivity index (χ1v) is 9.15. The minimum absolute atomic E-state index is 0.191. The maximum atomic E-state index is 12.9. The Balaban J connectivity index is 1.53. The monoisotopic (exact) mass is 384 g/mol. The highest BCUT2D eigenvalue weighted by molar-refractivity contribution is 7.13. The van der Waals surface area contributed by atoms with Crippen LogP contribution in [0.3, 0.4) is 0 Å². The summed E-state index contributed by atoms with van der Waals surface area (Å²) in [5.74, 6) is -1.24. The second-order valence-electron chi connectivity index (χ2n) is 6.44. The average molecular weight is 384 g/mol. The van der Waals surface area contributed by atoms with Crippen molar-refractivity contribution in [3.8, 4) is 0 Å². The second-order valence-corrected chi connectivity index (χ2v) is 7.33. The predicted molar refractivity (Wildman–Crippen MR) is 98.3 cm³/mol. The molecule has 4 rings (SSSR count). The molecule has 2 unspecified atom stereocenters. The van der Waals surface area contributed by atoms with Crippen LogP contribution < -0.4 is 10.2 Å². The number of imide groups is 1. The topological polar surface area (TPSA) is 107 Å². The van der Waals surface area contributed by atoms with Crippen molar-refractivity contribution in [3.63, 3.8) is 0 Å². The molecule has 27 heavy (non-hydrogen) atoms. The van der Waals surface area contributed by atoms with Gasteiger partial charge in [0.25, 0.3) is 11.8 Å². The molecule has 9 nitrogen and oxygen atoms in total. The molecule has 0 aliphatic carbocycles. The Morgan fingerprint density at radius 1 is 1.19 bits per heavy atom. The number of aryl methyl sites for hydroxylation is 2. The number of thiazole rings is 1. The van der Waals surface area contributed by atoms with Gasteiger partial charge in [0.05, 0.1) is 5.69 Å². The number of carbonyl (C=O) groups excluding carboxylic acids is 3. The van der Waals surface area contributed by atoms with E-state index in [1.165, 1.54) is 16.3 Å². The van der Waals surface area contributed by atoms with Gasteiger partial charge in [0.1, 0.15) is 6.54 Å². The van der Waals surface area contributed by atoms with Crippen LogP contribution in [-0.4, -0.2) is 46.3 Å². The minimum atomic E-state index is -0.925. The second kappa shape index (κ2) is 6.54. The van der Waals surface area contributed by atoms with Crippen LogP contribution in [-0.2, 0) is 14.4 Å². The Morgan fingerprint density at radius 2 is 1.93 bits per heavy atom. The molecule has 1 aromatic carbocycles. The van der Waals surface area contributed by atoms with Crippen molar-refractivity contribution in [2.75, 3.05) is 16.8 Å². The lowest BCUT2D eigenvalue weighted by atomic mass is 10.1. The maximum absolute atomic E-state index is 12.9. The number of fused-ring (bicyclic) bond motifs is 1. The smallest absolute Gasteiger partial charge is 0.263 e. The highest BCUT2D eigenvalue weighted by atomic mass is 32.1. The molecular weight excluding hydrogens is 368 g/mol. The molecule has 2 aliphatic heterocycles. The summed E-state index contributed by atoms with van der Waals surface area (Å²) in [6, 6.07) is 3.69. The zero-order chi connectivity index (χ0) is 19.1. The van der Waals surface area contributed by atoms with Gasteiger partial charge < -0.3 is 5.32 Å². The van der Waals surface area contributed by atoms with Gasteiger partial charge >= 0.3 is 0 Å². The molecule has 10 heteroatoms. The van der Waals surface area contributed by atoms with E-state index < -0.39 is 23.9 Å². The van der Waals surface area contributed by atoms with E-state index in [2.05, 4.69) is 20.6 Å². The number of rotatable bonds is 4. The summed E-state index contributed by atoms with van der Waals surface area (Å²) in [6.45, 7) is 3.61. The van der Waals surface area contributed by atoms with Gasteiger partial charge in [0.2, 0.25) is 5.91 Å². The lowest BCUT2D eigenvalue weighted by Gasteiger charge is -2.20. The molecule has 1 fully saturated rings. The SMILES string of the molecule is Cc1cc(C)cc(N2C(=O)C3N=NN(CC(=O)Nc4nccs4)C3C2=O)c1. The molecule has 2 aliphatic rings. The molecule has 3 heterocycles. The first-order valence-electron chi connectivity index (χ1n) is 8.27. The Bertz CT molecular complexity index is 937. The molecule has 0 radical (unpaired) electrons. The number of carbonyl (C=O) groups is 3. The third-order valence-corrected chi connectivity index (χ3v) is 5.00. The molecule has 2 atom stereocenters. The van der Waals surface area contributed by atoms with E-state index >= 15 is 0 Å². The Kier molecular flexibility index (Phi) is 4.19. The van der Waals surface area contributed by atoms with E-state index in [1.807, 2.05) is 19.9 Å². The van der Waals surface area contributed by atoms with Gasteiger partial charge in [-0.3, -0.25) is 19.4 Å². The van der Waals surface area contributed by atoms with E-state index in [0.717, 1.165) is 16.0 Å². The van der Waals surface area contributed by atoms with Gasteiger partial charge in [-0.15, -0.1) is 11.3 Å². The van der Waals surface area contributed by atoms with Gasteiger partial charge in [-0.05, 0) is 37.1 Å². The highest BCUT2D eigenvalue weighted by Gasteiger charge is 2.55. The van der Waals surface area contributed by atoms with Crippen LogP contribution in [0.1, 0.15) is 11.1 Å². The third kappa shape index (κ3) is 3.08. The summed E-state index contributed by atoms with van der Waals surface area (Å²) < 4.78 is 0. The zero-order valence-corrected chi connectivity index (χ0v) is 15.4. The van der Waals surface area contributed by atoms with Crippen molar-refractivity contribution in [2.45, 2.75) is 25.9 Å². The molecule has 2 aromatic rings. The van der Waals surface area contributed by atoms with Gasteiger partial charge in [0, 0.05) is 11.6 Å². The van der Waals surface area contributed by atoms with E-state index in [9.17, 15) is 14.4 Å². The van der Waals surface area contributed by atoms with Gasteiger partial charge in [-0.1, -0.05) is 11.3 Å². The molecule has 1 aromatic heterocycles. The number of benzene rings is 1. The lowest BCUT2D eigenvalue weighted by Crippen LogP contribution is -2.43. The molecule has 3 amide bonds. The first-order chi connectivity index (χ1) is 12.9. The fourth-order valence-corrected chi connectivity index (χ4v) is 3.82. The van der Waals surface area contributed by atoms with E-state index in [-0.39, 0.29) is 12.5 Å². The van der Waals surface area contributed by atoms with Crippen LogP contribution in [0.4, 0.5) is 10.8 Å². The fraction of sp³-hybridized carbons (Fsp3) is 0.294. The number of amides is 3. The Labute approximate surface area is 158 Å². The lowest BCUT2D eigenvalue weighted by molar-refractivity contribution is -0.123. The number of aromatic nitrogens is 1. The van der Waals surface area contributed by atoms with Crippen LogP contribution in [0.25, 0.3) is 0 Å². The van der Waals surface area contributed by atoms with Crippen LogP contribution in [0.15, 0.2) is 40.1 Å². The molecule has 1 N–H and O–H groups in total. The van der Waals surface area contributed by atoms with Crippen molar-refractivity contribution in [3.05, 3.63) is 40.9 Å². The number of anilines is 2. The summed E-state index contributed by atoms with van der Waals surface area (Å²) in [4.78, 5) is 43.0. The van der Waals surface area contributed by atoms with Crippen molar-refractivity contribution in [1.82, 2.24) is 9.99 Å². The molecule has 0 saturated carbocycles. The largest absolute Gasteiger partial charge is 0.300 e. The molecule has 138 valence electrons. The van der Waals surface area contributed by atoms with Crippen LogP contribution in [0, 0.1) is 13.8 Å². The molecular formula is C17H16N6O3S. The molecule has 0 spiro atoms. The number of hydrogen-bond acceptors (Lipinski definition) is 8. The van der Waals surface area contributed by atoms with Crippen LogP contribution >= 0.6 is 11.3 Å². The summed E-state index contributed by atoms with van der Waals surface area (Å²) in [5.41, 5.74) is 2.41. The average Bonchev–Trinajstić information content (AvgIpc) is 3.28. The standard InChI is InChI=1S/C17H16N6O3S/c1-9-5-10(2)7-11(6-9)23-15(25)13-14(16(23)26)22(21-20-13)8-12(24)19-17-18-3-4-27-17/h3-7,13-14H,8H2,1-2H3,(H,18,19,24). The van der Waals surface area contributed by atoms with Crippen molar-refractivity contribution in [2.24, 2.45) is 10.3 Å². The zero-order valence-electron chi connectivity index (χ0n) is 14.6. The predicted octanol–water partition coefficient (Wildman–Crippen LogP) is 1.69. The first kappa shape index (κ1) is 17.3. The van der Waals surface area contributed by atoms with E-state index in [0.29, 0.717) is 10.8 Å². The third-order valence-electron chi connectivity index (χ3n) is 4.31.